The number of carbonyl (C=O) groups excluding carboxylic acids is 6. The van der Waals surface area contributed by atoms with Crippen LogP contribution in [0.1, 0.15) is 95.0 Å². The van der Waals surface area contributed by atoms with E-state index >= 15 is 0 Å². The monoisotopic (exact) mass is 887 g/mol. The molecule has 5 aromatic rings. The van der Waals surface area contributed by atoms with Gasteiger partial charge in [-0.05, 0) is 87.9 Å². The first-order valence-electron chi connectivity index (χ1n) is 22.2. The van der Waals surface area contributed by atoms with Gasteiger partial charge in [0.2, 0.25) is 23.6 Å². The second-order valence-electron chi connectivity index (χ2n) is 17.5. The molecular formula is C47H47F2N9O7. The van der Waals surface area contributed by atoms with E-state index in [1.165, 1.54) is 6.07 Å². The second kappa shape index (κ2) is 16.6. The third-order valence-corrected chi connectivity index (χ3v) is 13.7. The number of piperidine rings is 3. The summed E-state index contributed by atoms with van der Waals surface area (Å²) in [6, 6.07) is 13.0. The summed E-state index contributed by atoms with van der Waals surface area (Å²) in [6.07, 6.45) is 2.95. The van der Waals surface area contributed by atoms with E-state index in [0.717, 1.165) is 44.9 Å². The largest absolute Gasteiger partial charge is 0.367 e. The molecule has 16 nitrogen and oxygen atoms in total. The Kier molecular flexibility index (Phi) is 10.8. The molecule has 0 radical (unpaired) electrons. The lowest BCUT2D eigenvalue weighted by molar-refractivity contribution is -0.136. The molecule has 65 heavy (non-hydrogen) atoms. The molecule has 10 rings (SSSR count). The molecule has 7 heterocycles. The lowest BCUT2D eigenvalue weighted by atomic mass is 9.98. The molecule has 4 saturated heterocycles. The van der Waals surface area contributed by atoms with E-state index < -0.39 is 47.3 Å². The van der Waals surface area contributed by atoms with Crippen LogP contribution in [0.4, 0.5) is 20.2 Å². The van der Waals surface area contributed by atoms with E-state index in [1.54, 1.807) is 23.1 Å². The first kappa shape index (κ1) is 42.1. The van der Waals surface area contributed by atoms with Gasteiger partial charge in [0.15, 0.2) is 11.6 Å². The molecule has 1 unspecified atom stereocenters. The minimum Gasteiger partial charge on any atom is -0.367 e. The molecule has 5 aliphatic heterocycles. The SMILES string of the molecule is Cc1noc(C)c1-c1ccc2c(c1)nc([C@@H]1CCCC(=O)N1c1ccc(F)c(F)c1)n2C1CCN(CC(=O)N2CCN(c3cccc4c3C(=O)N(C3CCC(=O)NC3=O)C4=O)CC2)CC1. The Hall–Kier alpha value is -6.82. The van der Waals surface area contributed by atoms with Gasteiger partial charge >= 0.3 is 0 Å². The first-order valence-corrected chi connectivity index (χ1v) is 22.2. The van der Waals surface area contributed by atoms with Crippen LogP contribution in [-0.4, -0.2) is 117 Å². The Labute approximate surface area is 372 Å². The fraction of sp³-hybridized carbons (Fsp3) is 0.404. The van der Waals surface area contributed by atoms with Gasteiger partial charge in [0, 0.05) is 75.5 Å². The zero-order valence-electron chi connectivity index (χ0n) is 36.0. The number of hydrogen-bond donors (Lipinski definition) is 1. The summed E-state index contributed by atoms with van der Waals surface area (Å²) in [5, 5.41) is 6.37. The molecule has 3 aromatic carbocycles. The lowest BCUT2D eigenvalue weighted by Crippen LogP contribution is -2.54. The molecule has 6 amide bonds. The van der Waals surface area contributed by atoms with Gasteiger partial charge in [0.1, 0.15) is 17.6 Å². The average Bonchev–Trinajstić information content (AvgIpc) is 3.93. The molecule has 2 aromatic heterocycles. The highest BCUT2D eigenvalue weighted by molar-refractivity contribution is 6.25. The Morgan fingerprint density at radius 1 is 0.800 bits per heavy atom. The minimum absolute atomic E-state index is 0.0137. The highest BCUT2D eigenvalue weighted by Gasteiger charge is 2.46. The quantitative estimate of drug-likeness (QED) is 0.202. The minimum atomic E-state index is -1.06. The van der Waals surface area contributed by atoms with Crippen LogP contribution in [0.3, 0.4) is 0 Å². The molecule has 0 aliphatic carbocycles. The molecule has 18 heteroatoms. The number of imidazole rings is 1. The Morgan fingerprint density at radius 3 is 2.31 bits per heavy atom. The van der Waals surface area contributed by atoms with Crippen molar-refractivity contribution in [2.75, 3.05) is 55.6 Å². The molecule has 0 spiro atoms. The third-order valence-electron chi connectivity index (χ3n) is 13.7. The highest BCUT2D eigenvalue weighted by atomic mass is 19.2. The average molecular weight is 888 g/mol. The third kappa shape index (κ3) is 7.42. The van der Waals surface area contributed by atoms with Crippen LogP contribution in [0.2, 0.25) is 0 Å². The predicted molar refractivity (Wildman–Crippen MR) is 232 cm³/mol. The summed E-state index contributed by atoms with van der Waals surface area (Å²) in [5.41, 5.74) is 5.41. The van der Waals surface area contributed by atoms with Crippen molar-refractivity contribution in [1.82, 2.24) is 34.7 Å². The van der Waals surface area contributed by atoms with Gasteiger partial charge < -0.3 is 23.8 Å². The van der Waals surface area contributed by atoms with Crippen molar-refractivity contribution in [1.29, 1.82) is 0 Å². The van der Waals surface area contributed by atoms with Crippen LogP contribution in [0, 0.1) is 25.5 Å². The number of carbonyl (C=O) groups is 6. The molecule has 0 bridgehead atoms. The Morgan fingerprint density at radius 2 is 1.58 bits per heavy atom. The summed E-state index contributed by atoms with van der Waals surface area (Å²) in [5.74, 6) is -3.11. The molecule has 5 aliphatic rings. The van der Waals surface area contributed by atoms with Gasteiger partial charge in [-0.25, -0.2) is 13.8 Å². The standard InChI is InChI=1S/C47H47F2N9O7/c1-26-42(27(2)65-52-26)28-9-12-35-34(23-28)50-44(37-7-4-8-40(60)56(37)30-10-11-32(48)33(49)24-30)57(35)29-15-17-53(18-16-29)25-41(61)55-21-19-54(20-22-55)36-6-3-5-31-43(36)47(64)58(46(31)63)38-13-14-39(59)51-45(38)62/h3,5-6,9-12,23-24,29,37-38H,4,7-8,13-22,25H2,1-2H3,(H,51,59,62)/t37-,38?/m0/s1. The fourth-order valence-electron chi connectivity index (χ4n) is 10.4. The van der Waals surface area contributed by atoms with Gasteiger partial charge in [-0.1, -0.05) is 17.3 Å². The van der Waals surface area contributed by atoms with Gasteiger partial charge in [-0.15, -0.1) is 0 Å². The number of likely N-dealkylation sites (tertiary alicyclic amines) is 1. The van der Waals surface area contributed by atoms with Crippen LogP contribution in [-0.2, 0) is 19.2 Å². The van der Waals surface area contributed by atoms with E-state index in [2.05, 4.69) is 19.9 Å². The molecule has 4 fully saturated rings. The molecule has 1 N–H and O–H groups in total. The van der Waals surface area contributed by atoms with Gasteiger partial charge in [-0.2, -0.15) is 0 Å². The Bertz CT molecular complexity index is 2790. The van der Waals surface area contributed by atoms with E-state index in [4.69, 9.17) is 9.51 Å². The van der Waals surface area contributed by atoms with Gasteiger partial charge in [-0.3, -0.25) is 43.9 Å². The van der Waals surface area contributed by atoms with Crippen molar-refractivity contribution in [2.24, 2.45) is 0 Å². The van der Waals surface area contributed by atoms with E-state index in [-0.39, 0.29) is 60.5 Å². The van der Waals surface area contributed by atoms with Crippen molar-refractivity contribution in [3.05, 3.63) is 94.6 Å². The van der Waals surface area contributed by atoms with Crippen LogP contribution in [0.5, 0.6) is 0 Å². The number of piperazine rings is 1. The lowest BCUT2D eigenvalue weighted by Gasteiger charge is -2.39. The maximum Gasteiger partial charge on any atom is 0.264 e. The molecule has 336 valence electrons. The first-order chi connectivity index (χ1) is 31.4. The summed E-state index contributed by atoms with van der Waals surface area (Å²) in [6.45, 7) is 6.90. The van der Waals surface area contributed by atoms with Crippen molar-refractivity contribution >= 4 is 57.9 Å². The molecule has 2 atom stereocenters. The van der Waals surface area contributed by atoms with Crippen molar-refractivity contribution in [3.8, 4) is 11.1 Å². The van der Waals surface area contributed by atoms with E-state index in [0.29, 0.717) is 82.2 Å². The van der Waals surface area contributed by atoms with Crippen molar-refractivity contribution in [2.45, 2.75) is 76.9 Å². The number of fused-ring (bicyclic) bond motifs is 2. The molecule has 0 saturated carbocycles. The summed E-state index contributed by atoms with van der Waals surface area (Å²) in [4.78, 5) is 92.7. The van der Waals surface area contributed by atoms with Gasteiger partial charge in [0.05, 0.1) is 46.1 Å². The van der Waals surface area contributed by atoms with E-state index in [1.807, 2.05) is 41.8 Å². The maximum atomic E-state index is 14.6. The zero-order chi connectivity index (χ0) is 45.3. The number of aromatic nitrogens is 3. The zero-order valence-corrected chi connectivity index (χ0v) is 36.0. The smallest absolute Gasteiger partial charge is 0.264 e. The summed E-state index contributed by atoms with van der Waals surface area (Å²) < 4.78 is 36.4. The summed E-state index contributed by atoms with van der Waals surface area (Å²) in [7, 11) is 0. The number of aryl methyl sites for hydroxylation is 2. The number of hydrogen-bond acceptors (Lipinski definition) is 11. The number of amides is 6. The maximum absolute atomic E-state index is 14.6. The fourth-order valence-corrected chi connectivity index (χ4v) is 10.4. The number of rotatable bonds is 8. The van der Waals surface area contributed by atoms with E-state index in [9.17, 15) is 37.5 Å². The number of halogens is 2. The van der Waals surface area contributed by atoms with Gasteiger partial charge in [0.25, 0.3) is 11.8 Å². The van der Waals surface area contributed by atoms with Crippen LogP contribution < -0.4 is 15.1 Å². The predicted octanol–water partition coefficient (Wildman–Crippen LogP) is 5.23. The van der Waals surface area contributed by atoms with Crippen LogP contribution in [0.25, 0.3) is 22.2 Å². The number of anilines is 2. The topological polar surface area (TPSA) is 174 Å². The van der Waals surface area contributed by atoms with Crippen LogP contribution >= 0.6 is 0 Å². The van der Waals surface area contributed by atoms with Crippen molar-refractivity contribution < 1.29 is 42.1 Å². The number of imide groups is 2. The highest BCUT2D eigenvalue weighted by Crippen LogP contribution is 2.41. The number of nitrogens with one attached hydrogen (secondary N) is 1. The van der Waals surface area contributed by atoms with Crippen molar-refractivity contribution in [3.63, 3.8) is 0 Å². The molecular weight excluding hydrogens is 841 g/mol. The Balaban J connectivity index is 0.840. The van der Waals surface area contributed by atoms with Crippen LogP contribution in [0.15, 0.2) is 59.1 Å². The second-order valence-corrected chi connectivity index (χ2v) is 17.5. The normalized spacial score (nSPS) is 21.2. The number of nitrogens with zero attached hydrogens (tertiary/aromatic N) is 8. The summed E-state index contributed by atoms with van der Waals surface area (Å²) >= 11 is 0. The number of benzene rings is 3.